The Balaban J connectivity index is 1.95. The normalized spacial score (nSPS) is 49.0. The van der Waals surface area contributed by atoms with Gasteiger partial charge >= 0.3 is 0 Å². The summed E-state index contributed by atoms with van der Waals surface area (Å²) in [7, 11) is 1.86. The van der Waals surface area contributed by atoms with E-state index in [-0.39, 0.29) is 0 Å². The second-order valence-corrected chi connectivity index (χ2v) is 4.34. The minimum absolute atomic E-state index is 0.539. The van der Waals surface area contributed by atoms with Gasteiger partial charge in [0.2, 0.25) is 0 Å². The van der Waals surface area contributed by atoms with Crippen LogP contribution in [0.25, 0.3) is 0 Å². The van der Waals surface area contributed by atoms with Crippen molar-refractivity contribution in [2.75, 3.05) is 7.11 Å². The molecular formula is C10H14O. The van der Waals surface area contributed by atoms with Gasteiger partial charge in [0.1, 0.15) is 0 Å². The molecule has 3 atom stereocenters. The Kier molecular flexibility index (Phi) is 0.972. The van der Waals surface area contributed by atoms with Crippen LogP contribution in [0.3, 0.4) is 0 Å². The predicted molar refractivity (Wildman–Crippen MR) is 43.2 cm³/mol. The van der Waals surface area contributed by atoms with Gasteiger partial charge in [0, 0.05) is 18.9 Å². The molecule has 3 aliphatic carbocycles. The largest absolute Gasteiger partial charge is 0.380 e. The summed E-state index contributed by atoms with van der Waals surface area (Å²) in [6.45, 7) is 0. The molecule has 0 aromatic heterocycles. The molecule has 3 aliphatic rings. The van der Waals surface area contributed by atoms with Gasteiger partial charge in [-0.15, -0.1) is 0 Å². The van der Waals surface area contributed by atoms with Gasteiger partial charge < -0.3 is 4.74 Å². The van der Waals surface area contributed by atoms with Crippen molar-refractivity contribution in [1.82, 2.24) is 0 Å². The van der Waals surface area contributed by atoms with Crippen molar-refractivity contribution in [2.24, 2.45) is 17.3 Å². The molecule has 11 heavy (non-hydrogen) atoms. The quantitative estimate of drug-likeness (QED) is 0.519. The molecule has 0 aromatic carbocycles. The van der Waals surface area contributed by atoms with Crippen molar-refractivity contribution < 1.29 is 4.74 Å². The van der Waals surface area contributed by atoms with Crippen LogP contribution in [0.5, 0.6) is 0 Å². The third kappa shape index (κ3) is 0.610. The Morgan fingerprint density at radius 3 is 2.64 bits per heavy atom. The van der Waals surface area contributed by atoms with Gasteiger partial charge in [-0.1, -0.05) is 12.2 Å². The fourth-order valence-corrected chi connectivity index (χ4v) is 3.11. The van der Waals surface area contributed by atoms with E-state index >= 15 is 0 Å². The van der Waals surface area contributed by atoms with E-state index in [1.807, 2.05) is 7.11 Å². The summed E-state index contributed by atoms with van der Waals surface area (Å²) in [6.07, 6.45) is 9.62. The number of rotatable bonds is 1. The monoisotopic (exact) mass is 150 g/mol. The molecule has 0 saturated heterocycles. The van der Waals surface area contributed by atoms with Crippen LogP contribution in [0, 0.1) is 17.3 Å². The Hall–Kier alpha value is -0.300. The maximum atomic E-state index is 5.51. The lowest BCUT2D eigenvalue weighted by molar-refractivity contribution is 0.0666. The van der Waals surface area contributed by atoms with E-state index in [0.29, 0.717) is 6.10 Å². The highest BCUT2D eigenvalue weighted by atomic mass is 16.5. The highest BCUT2D eigenvalue weighted by Gasteiger charge is 2.60. The smallest absolute Gasteiger partial charge is 0.0701 e. The van der Waals surface area contributed by atoms with E-state index in [1.54, 1.807) is 0 Å². The van der Waals surface area contributed by atoms with Gasteiger partial charge in [-0.2, -0.15) is 0 Å². The van der Waals surface area contributed by atoms with Crippen LogP contribution < -0.4 is 0 Å². The first kappa shape index (κ1) is 6.24. The molecule has 0 aromatic rings. The van der Waals surface area contributed by atoms with Crippen LogP contribution >= 0.6 is 0 Å². The molecule has 0 unspecified atom stereocenters. The first-order chi connectivity index (χ1) is 5.36. The Morgan fingerprint density at radius 2 is 2.18 bits per heavy atom. The summed E-state index contributed by atoms with van der Waals surface area (Å²) >= 11 is 0. The standard InChI is InChI=1S/C10H14O/c1-11-9-7-2-3-8(9)10(6-7)4-5-10/h2-3,7-9H,4-6H2,1H3/t7-,8-,9+/m0/s1. The van der Waals surface area contributed by atoms with Gasteiger partial charge in [0.25, 0.3) is 0 Å². The van der Waals surface area contributed by atoms with Crippen molar-refractivity contribution in [3.63, 3.8) is 0 Å². The third-order valence-corrected chi connectivity index (χ3v) is 3.86. The average molecular weight is 150 g/mol. The SMILES string of the molecule is CO[C@@H]1[C@H]2C=C[C@@H]1C1(CC1)C2. The summed E-state index contributed by atoms with van der Waals surface area (Å²) in [6, 6.07) is 0. The van der Waals surface area contributed by atoms with Crippen molar-refractivity contribution in [2.45, 2.75) is 25.4 Å². The topological polar surface area (TPSA) is 9.23 Å². The second-order valence-electron chi connectivity index (χ2n) is 4.34. The van der Waals surface area contributed by atoms with Crippen LogP contribution in [0.2, 0.25) is 0 Å². The molecule has 2 saturated carbocycles. The first-order valence-electron chi connectivity index (χ1n) is 4.57. The van der Waals surface area contributed by atoms with Crippen LogP contribution in [0.4, 0.5) is 0 Å². The van der Waals surface area contributed by atoms with E-state index < -0.39 is 0 Å². The lowest BCUT2D eigenvalue weighted by atomic mass is 9.90. The molecule has 60 valence electrons. The highest BCUT2D eigenvalue weighted by Crippen LogP contribution is 2.66. The number of methoxy groups -OCH3 is 1. The van der Waals surface area contributed by atoms with Gasteiger partial charge in [0.15, 0.2) is 0 Å². The van der Waals surface area contributed by atoms with Crippen molar-refractivity contribution in [3.05, 3.63) is 12.2 Å². The summed E-state index contributed by atoms with van der Waals surface area (Å²) in [5.41, 5.74) is 0.722. The van der Waals surface area contributed by atoms with Gasteiger partial charge in [0.05, 0.1) is 6.10 Å². The highest BCUT2D eigenvalue weighted by molar-refractivity contribution is 5.24. The predicted octanol–water partition coefficient (Wildman–Crippen LogP) is 1.99. The second kappa shape index (κ2) is 1.71. The maximum Gasteiger partial charge on any atom is 0.0701 e. The summed E-state index contributed by atoms with van der Waals surface area (Å²) in [5.74, 6) is 1.53. The fourth-order valence-electron chi connectivity index (χ4n) is 3.11. The zero-order valence-corrected chi connectivity index (χ0v) is 6.92. The lowest BCUT2D eigenvalue weighted by Crippen LogP contribution is -2.19. The molecule has 0 amide bonds. The average Bonchev–Trinajstić information content (AvgIpc) is 2.60. The number of ether oxygens (including phenoxy) is 1. The zero-order valence-electron chi connectivity index (χ0n) is 6.92. The van der Waals surface area contributed by atoms with Crippen LogP contribution in [0.1, 0.15) is 19.3 Å². The molecule has 1 nitrogen and oxygen atoms in total. The van der Waals surface area contributed by atoms with E-state index in [2.05, 4.69) is 12.2 Å². The molecule has 3 rings (SSSR count). The molecule has 0 heterocycles. The van der Waals surface area contributed by atoms with Crippen molar-refractivity contribution in [1.29, 1.82) is 0 Å². The lowest BCUT2D eigenvalue weighted by Gasteiger charge is -2.17. The molecule has 0 radical (unpaired) electrons. The van der Waals surface area contributed by atoms with Gasteiger partial charge in [-0.05, 0) is 24.7 Å². The van der Waals surface area contributed by atoms with Crippen molar-refractivity contribution >= 4 is 0 Å². The van der Waals surface area contributed by atoms with Gasteiger partial charge in [-0.25, -0.2) is 0 Å². The maximum absolute atomic E-state index is 5.51. The van der Waals surface area contributed by atoms with E-state index in [0.717, 1.165) is 17.3 Å². The Bertz CT molecular complexity index is 215. The summed E-state index contributed by atoms with van der Waals surface area (Å²) in [4.78, 5) is 0. The summed E-state index contributed by atoms with van der Waals surface area (Å²) in [5, 5.41) is 0. The minimum atomic E-state index is 0.539. The zero-order chi connectivity index (χ0) is 7.47. The summed E-state index contributed by atoms with van der Waals surface area (Å²) < 4.78 is 5.51. The molecule has 2 fully saturated rings. The number of hydrogen-bond donors (Lipinski definition) is 0. The number of hydrogen-bond acceptors (Lipinski definition) is 1. The van der Waals surface area contributed by atoms with Crippen LogP contribution in [-0.2, 0) is 4.74 Å². The molecule has 1 spiro atoms. The number of fused-ring (bicyclic) bond motifs is 3. The van der Waals surface area contributed by atoms with Crippen LogP contribution in [-0.4, -0.2) is 13.2 Å². The fraction of sp³-hybridized carbons (Fsp3) is 0.800. The molecule has 1 heteroatoms. The minimum Gasteiger partial charge on any atom is -0.380 e. The third-order valence-electron chi connectivity index (χ3n) is 3.86. The first-order valence-corrected chi connectivity index (χ1v) is 4.57. The van der Waals surface area contributed by atoms with E-state index in [1.165, 1.54) is 19.3 Å². The molecule has 2 bridgehead atoms. The Morgan fingerprint density at radius 1 is 1.36 bits per heavy atom. The Labute approximate surface area is 67.4 Å². The molecule has 0 N–H and O–H groups in total. The van der Waals surface area contributed by atoms with Crippen LogP contribution in [0.15, 0.2) is 12.2 Å². The molecular weight excluding hydrogens is 136 g/mol. The van der Waals surface area contributed by atoms with Crippen molar-refractivity contribution in [3.8, 4) is 0 Å². The van der Waals surface area contributed by atoms with E-state index in [4.69, 9.17) is 4.74 Å². The molecule has 0 aliphatic heterocycles. The van der Waals surface area contributed by atoms with E-state index in [9.17, 15) is 0 Å². The van der Waals surface area contributed by atoms with Gasteiger partial charge in [-0.3, -0.25) is 0 Å².